The summed E-state index contributed by atoms with van der Waals surface area (Å²) in [6.07, 6.45) is 2.97. The van der Waals surface area contributed by atoms with Crippen LogP contribution < -0.4 is 14.5 Å². The summed E-state index contributed by atoms with van der Waals surface area (Å²) in [5, 5.41) is -0.0248. The fourth-order valence-corrected chi connectivity index (χ4v) is 3.17. The molecule has 1 N–H and O–H groups in total. The van der Waals surface area contributed by atoms with Crippen molar-refractivity contribution >= 4 is 27.5 Å². The molecule has 2 aromatic heterocycles. The van der Waals surface area contributed by atoms with Crippen LogP contribution in [0.4, 0.5) is 17.5 Å². The minimum Gasteiger partial charge on any atom is -0.361 e. The Morgan fingerprint density at radius 1 is 1.17 bits per heavy atom. The van der Waals surface area contributed by atoms with Crippen molar-refractivity contribution in [2.24, 2.45) is 0 Å². The van der Waals surface area contributed by atoms with Crippen LogP contribution in [0.15, 0.2) is 17.4 Å². The molecule has 10 heteroatoms. The van der Waals surface area contributed by atoms with Gasteiger partial charge in [-0.1, -0.05) is 0 Å². The first-order valence-corrected chi connectivity index (χ1v) is 8.92. The largest absolute Gasteiger partial charge is 0.361 e. The fraction of sp³-hybridized carbons (Fsp3) is 0.500. The quantitative estimate of drug-likeness (QED) is 0.825. The number of anilines is 3. The third kappa shape index (κ3) is 3.58. The molecule has 0 aliphatic carbocycles. The zero-order valence-corrected chi connectivity index (χ0v) is 15.6. The van der Waals surface area contributed by atoms with Crippen molar-refractivity contribution in [2.75, 3.05) is 42.7 Å². The van der Waals surface area contributed by atoms with Gasteiger partial charge in [-0.3, -0.25) is 4.72 Å². The topological polar surface area (TPSA) is 96.2 Å². The molecule has 0 radical (unpaired) electrons. The van der Waals surface area contributed by atoms with Crippen molar-refractivity contribution in [2.45, 2.75) is 25.4 Å². The van der Waals surface area contributed by atoms with E-state index in [9.17, 15) is 8.42 Å². The minimum atomic E-state index is -3.82. The molecule has 2 heterocycles. The number of imidazole rings is 1. The van der Waals surface area contributed by atoms with Gasteiger partial charge in [0.2, 0.25) is 5.95 Å². The molecule has 2 rings (SSSR count). The number of nitrogens with zero attached hydrogens (tertiary/aromatic N) is 6. The highest BCUT2D eigenvalue weighted by Gasteiger charge is 2.22. The second-order valence-electron chi connectivity index (χ2n) is 5.71. The lowest BCUT2D eigenvalue weighted by Crippen LogP contribution is -2.21. The van der Waals surface area contributed by atoms with E-state index in [1.54, 1.807) is 35.4 Å². The fourth-order valence-electron chi connectivity index (χ4n) is 2.12. The van der Waals surface area contributed by atoms with Crippen molar-refractivity contribution in [3.8, 4) is 0 Å². The monoisotopic (exact) mass is 353 g/mol. The van der Waals surface area contributed by atoms with Gasteiger partial charge in [-0.2, -0.15) is 13.4 Å². The lowest BCUT2D eigenvalue weighted by atomic mass is 10.4. The van der Waals surface area contributed by atoms with Crippen LogP contribution in [0, 0.1) is 6.92 Å². The Hall–Kier alpha value is -2.36. The molecule has 0 aromatic carbocycles. The molecule has 2 aromatic rings. The number of nitrogens with one attached hydrogen (secondary N) is 1. The minimum absolute atomic E-state index is 0.0248. The first-order chi connectivity index (χ1) is 11.2. The molecule has 0 aliphatic rings. The number of hydrogen-bond donors (Lipinski definition) is 1. The second kappa shape index (κ2) is 6.63. The summed E-state index contributed by atoms with van der Waals surface area (Å²) in [5.74, 6) is 1.61. The lowest BCUT2D eigenvalue weighted by Gasteiger charge is -2.19. The molecule has 9 nitrogen and oxygen atoms in total. The van der Waals surface area contributed by atoms with E-state index in [1.807, 2.05) is 21.0 Å². The maximum absolute atomic E-state index is 12.6. The van der Waals surface area contributed by atoms with E-state index in [0.717, 1.165) is 0 Å². The number of aromatic nitrogens is 4. The summed E-state index contributed by atoms with van der Waals surface area (Å²) < 4.78 is 29.5. The van der Waals surface area contributed by atoms with E-state index in [2.05, 4.69) is 19.7 Å². The van der Waals surface area contributed by atoms with Crippen molar-refractivity contribution in [3.63, 3.8) is 0 Å². The molecule has 0 spiro atoms. The van der Waals surface area contributed by atoms with Gasteiger partial charge in [0.05, 0.1) is 6.20 Å². The second-order valence-corrected chi connectivity index (χ2v) is 7.34. The summed E-state index contributed by atoms with van der Waals surface area (Å²) in [6, 6.07) is 0. The molecule has 0 unspecified atom stereocenters. The van der Waals surface area contributed by atoms with E-state index in [-0.39, 0.29) is 5.03 Å². The van der Waals surface area contributed by atoms with Gasteiger partial charge in [0.15, 0.2) is 10.8 Å². The van der Waals surface area contributed by atoms with Crippen LogP contribution >= 0.6 is 0 Å². The van der Waals surface area contributed by atoms with E-state index in [0.29, 0.717) is 29.8 Å². The number of hydrogen-bond acceptors (Lipinski definition) is 7. The molecule has 0 atom stereocenters. The Bertz CT molecular complexity index is 828. The van der Waals surface area contributed by atoms with Crippen LogP contribution in [0.1, 0.15) is 12.7 Å². The normalized spacial score (nSPS) is 11.4. The number of aryl methyl sites for hydroxylation is 2. The van der Waals surface area contributed by atoms with Crippen LogP contribution in [0.5, 0.6) is 0 Å². The van der Waals surface area contributed by atoms with Crippen molar-refractivity contribution in [1.82, 2.24) is 19.5 Å². The highest BCUT2D eigenvalue weighted by molar-refractivity contribution is 7.92. The van der Waals surface area contributed by atoms with Crippen LogP contribution in [-0.4, -0.2) is 56.1 Å². The summed E-state index contributed by atoms with van der Waals surface area (Å²) in [5.41, 5.74) is 0.300. The lowest BCUT2D eigenvalue weighted by molar-refractivity contribution is 0.598. The molecule has 0 fully saturated rings. The van der Waals surface area contributed by atoms with Crippen LogP contribution in [0.25, 0.3) is 0 Å². The van der Waals surface area contributed by atoms with Gasteiger partial charge in [0.1, 0.15) is 11.5 Å². The van der Waals surface area contributed by atoms with Gasteiger partial charge in [-0.05, 0) is 13.8 Å². The van der Waals surface area contributed by atoms with Gasteiger partial charge < -0.3 is 14.4 Å². The first kappa shape index (κ1) is 18.0. The van der Waals surface area contributed by atoms with Gasteiger partial charge in [-0.25, -0.2) is 9.97 Å². The molecule has 0 bridgehead atoms. The highest BCUT2D eigenvalue weighted by atomic mass is 32.2. The molecule has 0 saturated heterocycles. The Kier molecular flexibility index (Phi) is 4.97. The summed E-state index contributed by atoms with van der Waals surface area (Å²) >= 11 is 0. The molecule has 0 aliphatic heterocycles. The smallest absolute Gasteiger partial charge is 0.281 e. The van der Waals surface area contributed by atoms with Crippen LogP contribution in [0.3, 0.4) is 0 Å². The zero-order chi connectivity index (χ0) is 18.1. The van der Waals surface area contributed by atoms with E-state index in [1.165, 1.54) is 12.4 Å². The molecular formula is C14H23N7O2S. The Balaban J connectivity index is 2.41. The van der Waals surface area contributed by atoms with E-state index >= 15 is 0 Å². The first-order valence-electron chi connectivity index (χ1n) is 7.44. The van der Waals surface area contributed by atoms with Crippen LogP contribution in [0.2, 0.25) is 0 Å². The van der Waals surface area contributed by atoms with Crippen molar-refractivity contribution < 1.29 is 8.42 Å². The van der Waals surface area contributed by atoms with Gasteiger partial charge in [-0.15, -0.1) is 0 Å². The molecule has 0 saturated carbocycles. The van der Waals surface area contributed by atoms with Crippen LogP contribution in [-0.2, 0) is 16.6 Å². The number of sulfonamides is 1. The maximum atomic E-state index is 12.6. The van der Waals surface area contributed by atoms with Crippen molar-refractivity contribution in [1.29, 1.82) is 0 Å². The van der Waals surface area contributed by atoms with Gasteiger partial charge >= 0.3 is 0 Å². The molecule has 132 valence electrons. The average molecular weight is 353 g/mol. The van der Waals surface area contributed by atoms with Gasteiger partial charge in [0.25, 0.3) is 10.0 Å². The Morgan fingerprint density at radius 2 is 1.83 bits per heavy atom. The summed E-state index contributed by atoms with van der Waals surface area (Å²) in [6.45, 7) is 4.34. The van der Waals surface area contributed by atoms with Crippen molar-refractivity contribution in [3.05, 3.63) is 18.2 Å². The average Bonchev–Trinajstić information content (AvgIpc) is 2.88. The van der Waals surface area contributed by atoms with E-state index < -0.39 is 10.0 Å². The standard InChI is InChI=1S/C14H23N7O2S/c1-7-21-9-12(16-10(21)2)24(22,23)18-11-8-15-14(20(5)6)17-13(11)19(3)4/h8-9,18H,7H2,1-6H3. The third-order valence-corrected chi connectivity index (χ3v) is 4.63. The number of rotatable bonds is 6. The van der Waals surface area contributed by atoms with E-state index in [4.69, 9.17) is 0 Å². The molecular weight excluding hydrogens is 330 g/mol. The third-order valence-electron chi connectivity index (χ3n) is 3.39. The predicted molar refractivity (Wildman–Crippen MR) is 94.1 cm³/mol. The molecule has 0 amide bonds. The SMILES string of the molecule is CCn1cc(S(=O)(=O)Nc2cnc(N(C)C)nc2N(C)C)nc1C. The Labute approximate surface area is 142 Å². The summed E-state index contributed by atoms with van der Waals surface area (Å²) in [7, 11) is 3.39. The molecule has 24 heavy (non-hydrogen) atoms. The Morgan fingerprint density at radius 3 is 2.33 bits per heavy atom. The predicted octanol–water partition coefficient (Wildman–Crippen LogP) is 0.934. The maximum Gasteiger partial charge on any atom is 0.281 e. The summed E-state index contributed by atoms with van der Waals surface area (Å²) in [4.78, 5) is 16.1. The highest BCUT2D eigenvalue weighted by Crippen LogP contribution is 2.25. The van der Waals surface area contributed by atoms with Gasteiger partial charge in [0, 0.05) is 40.9 Å². The zero-order valence-electron chi connectivity index (χ0n) is 14.8.